The largest absolute Gasteiger partial charge is 0.324 e. The Bertz CT molecular complexity index is 398. The fraction of sp³-hybridized carbons (Fsp3) is 0.250. The second-order valence-corrected chi connectivity index (χ2v) is 2.67. The number of aryl methyl sites for hydroxylation is 1. The van der Waals surface area contributed by atoms with E-state index in [4.69, 9.17) is 0 Å². The van der Waals surface area contributed by atoms with Crippen molar-refractivity contribution in [1.29, 1.82) is 0 Å². The first kappa shape index (κ1) is 9.44. The van der Waals surface area contributed by atoms with Crippen molar-refractivity contribution >= 4 is 11.6 Å². The molecular formula is C8H9FN2O2. The molecule has 1 aromatic rings. The molecule has 5 heteroatoms. The lowest BCUT2D eigenvalue weighted by Gasteiger charge is -2.04. The minimum Gasteiger partial charge on any atom is -0.324 e. The van der Waals surface area contributed by atoms with Gasteiger partial charge in [-0.25, -0.2) is 4.39 Å². The summed E-state index contributed by atoms with van der Waals surface area (Å²) in [7, 11) is 1.43. The number of rotatable bonds is 1. The molecule has 0 aliphatic carbocycles. The first-order valence-electron chi connectivity index (χ1n) is 3.64. The molecular weight excluding hydrogens is 175 g/mol. The third kappa shape index (κ3) is 2.14. The van der Waals surface area contributed by atoms with E-state index < -0.39 is 11.7 Å². The van der Waals surface area contributed by atoms with Crippen LogP contribution in [0.25, 0.3) is 0 Å². The Morgan fingerprint density at radius 3 is 2.77 bits per heavy atom. The summed E-state index contributed by atoms with van der Waals surface area (Å²) >= 11 is 0. The third-order valence-corrected chi connectivity index (χ3v) is 1.49. The summed E-state index contributed by atoms with van der Waals surface area (Å²) in [4.78, 5) is 21.6. The van der Waals surface area contributed by atoms with Crippen LogP contribution in [0.3, 0.4) is 0 Å². The van der Waals surface area contributed by atoms with E-state index in [2.05, 4.69) is 5.32 Å². The summed E-state index contributed by atoms with van der Waals surface area (Å²) in [6.07, 6.45) is 1.02. The van der Waals surface area contributed by atoms with Gasteiger partial charge in [0.1, 0.15) is 0 Å². The molecule has 1 N–H and O–H groups in total. The summed E-state index contributed by atoms with van der Waals surface area (Å²) in [5, 5.41) is 2.21. The fourth-order valence-electron chi connectivity index (χ4n) is 0.883. The number of pyridine rings is 1. The van der Waals surface area contributed by atoms with Crippen LogP contribution in [0.15, 0.2) is 17.1 Å². The van der Waals surface area contributed by atoms with Gasteiger partial charge in [-0.05, 0) is 0 Å². The van der Waals surface area contributed by atoms with Gasteiger partial charge in [0, 0.05) is 26.2 Å². The number of carbonyl (C=O) groups excluding carboxylic acids is 1. The maximum atomic E-state index is 13.0. The Kier molecular flexibility index (Phi) is 2.46. The van der Waals surface area contributed by atoms with Crippen molar-refractivity contribution in [3.63, 3.8) is 0 Å². The number of anilines is 1. The van der Waals surface area contributed by atoms with Crippen LogP contribution in [0.2, 0.25) is 0 Å². The molecule has 0 aromatic carbocycles. The topological polar surface area (TPSA) is 51.1 Å². The Labute approximate surface area is 74.0 Å². The zero-order valence-electron chi connectivity index (χ0n) is 7.30. The second-order valence-electron chi connectivity index (χ2n) is 2.67. The standard InChI is InChI=1S/C8H9FN2O2/c1-5(12)10-7-3-8(13)11(2)4-6(7)9/h3-4H,1-2H3,(H,10,12). The molecule has 0 unspecified atom stereocenters. The second kappa shape index (κ2) is 3.38. The number of nitrogens with one attached hydrogen (secondary N) is 1. The Hall–Kier alpha value is -1.65. The van der Waals surface area contributed by atoms with Crippen molar-refractivity contribution in [3.05, 3.63) is 28.4 Å². The zero-order valence-corrected chi connectivity index (χ0v) is 7.30. The molecule has 0 aliphatic rings. The van der Waals surface area contributed by atoms with Crippen molar-refractivity contribution in [2.45, 2.75) is 6.92 Å². The SMILES string of the molecule is CC(=O)Nc1cc(=O)n(C)cc1F. The Balaban J connectivity index is 3.16. The first-order valence-corrected chi connectivity index (χ1v) is 3.64. The van der Waals surface area contributed by atoms with Gasteiger partial charge in [0.05, 0.1) is 5.69 Å². The van der Waals surface area contributed by atoms with Gasteiger partial charge in [0.25, 0.3) is 5.56 Å². The Morgan fingerprint density at radius 2 is 2.23 bits per heavy atom. The lowest BCUT2D eigenvalue weighted by atomic mass is 10.3. The number of aromatic nitrogens is 1. The third-order valence-electron chi connectivity index (χ3n) is 1.49. The number of amides is 1. The van der Waals surface area contributed by atoms with Crippen molar-refractivity contribution < 1.29 is 9.18 Å². The molecule has 0 saturated carbocycles. The van der Waals surface area contributed by atoms with E-state index in [1.165, 1.54) is 14.0 Å². The molecule has 0 bridgehead atoms. The molecule has 1 amide bonds. The highest BCUT2D eigenvalue weighted by Crippen LogP contribution is 2.08. The smallest absolute Gasteiger partial charge is 0.252 e. The van der Waals surface area contributed by atoms with Gasteiger partial charge in [-0.2, -0.15) is 0 Å². The highest BCUT2D eigenvalue weighted by molar-refractivity contribution is 5.88. The summed E-state index contributed by atoms with van der Waals surface area (Å²) < 4.78 is 14.1. The molecule has 1 rings (SSSR count). The van der Waals surface area contributed by atoms with Gasteiger partial charge in [-0.15, -0.1) is 0 Å². The van der Waals surface area contributed by atoms with Gasteiger partial charge in [0.2, 0.25) is 5.91 Å². The minimum absolute atomic E-state index is 0.0874. The lowest BCUT2D eigenvalue weighted by molar-refractivity contribution is -0.114. The van der Waals surface area contributed by atoms with E-state index in [1.807, 2.05) is 0 Å². The Morgan fingerprint density at radius 1 is 1.62 bits per heavy atom. The number of carbonyl (C=O) groups is 1. The maximum Gasteiger partial charge on any atom is 0.252 e. The summed E-state index contributed by atoms with van der Waals surface area (Å²) in [5.41, 5.74) is -0.458. The van der Waals surface area contributed by atoms with Crippen molar-refractivity contribution in [2.24, 2.45) is 7.05 Å². The van der Waals surface area contributed by atoms with Crippen LogP contribution in [-0.2, 0) is 11.8 Å². The lowest BCUT2D eigenvalue weighted by Crippen LogP contribution is -2.18. The molecule has 0 saturated heterocycles. The first-order chi connectivity index (χ1) is 6.00. The van der Waals surface area contributed by atoms with Crippen LogP contribution in [0.4, 0.5) is 10.1 Å². The quantitative estimate of drug-likeness (QED) is 0.690. The van der Waals surface area contributed by atoms with Crippen molar-refractivity contribution in [2.75, 3.05) is 5.32 Å². The van der Waals surface area contributed by atoms with Crippen molar-refractivity contribution in [3.8, 4) is 0 Å². The number of nitrogens with zero attached hydrogens (tertiary/aromatic N) is 1. The van der Waals surface area contributed by atoms with Gasteiger partial charge in [0.15, 0.2) is 5.82 Å². The molecule has 70 valence electrons. The van der Waals surface area contributed by atoms with Crippen molar-refractivity contribution in [1.82, 2.24) is 4.57 Å². The molecule has 0 radical (unpaired) electrons. The van der Waals surface area contributed by atoms with Gasteiger partial charge < -0.3 is 9.88 Å². The van der Waals surface area contributed by atoms with Gasteiger partial charge in [-0.1, -0.05) is 0 Å². The van der Waals surface area contributed by atoms with E-state index in [-0.39, 0.29) is 11.2 Å². The molecule has 0 atom stereocenters. The van der Waals surface area contributed by atoms with E-state index in [0.717, 1.165) is 16.8 Å². The van der Waals surface area contributed by atoms with Crippen LogP contribution >= 0.6 is 0 Å². The van der Waals surface area contributed by atoms with E-state index in [1.54, 1.807) is 0 Å². The molecule has 0 spiro atoms. The summed E-state index contributed by atoms with van der Waals surface area (Å²) in [5.74, 6) is -1.04. The highest BCUT2D eigenvalue weighted by Gasteiger charge is 2.05. The number of halogens is 1. The average Bonchev–Trinajstić information content (AvgIpc) is 1.99. The summed E-state index contributed by atoms with van der Waals surface area (Å²) in [6.45, 7) is 1.25. The van der Waals surface area contributed by atoms with E-state index in [9.17, 15) is 14.0 Å². The molecule has 0 fully saturated rings. The molecule has 13 heavy (non-hydrogen) atoms. The predicted molar refractivity (Wildman–Crippen MR) is 45.9 cm³/mol. The maximum absolute atomic E-state index is 13.0. The van der Waals surface area contributed by atoms with E-state index in [0.29, 0.717) is 0 Å². The average molecular weight is 184 g/mol. The molecule has 4 nitrogen and oxygen atoms in total. The van der Waals surface area contributed by atoms with Crippen LogP contribution in [0.5, 0.6) is 0 Å². The summed E-state index contributed by atoms with van der Waals surface area (Å²) in [6, 6.07) is 1.04. The van der Waals surface area contributed by atoms with Crippen LogP contribution in [0.1, 0.15) is 6.92 Å². The van der Waals surface area contributed by atoms with Gasteiger partial charge >= 0.3 is 0 Å². The molecule has 0 aliphatic heterocycles. The number of hydrogen-bond acceptors (Lipinski definition) is 2. The predicted octanol–water partition coefficient (Wildman–Crippen LogP) is 0.483. The minimum atomic E-state index is -0.627. The van der Waals surface area contributed by atoms with Crippen LogP contribution in [-0.4, -0.2) is 10.5 Å². The monoisotopic (exact) mass is 184 g/mol. The van der Waals surface area contributed by atoms with Crippen LogP contribution in [0, 0.1) is 5.82 Å². The number of hydrogen-bond donors (Lipinski definition) is 1. The van der Waals surface area contributed by atoms with Crippen LogP contribution < -0.4 is 10.9 Å². The molecule has 1 heterocycles. The normalized spacial score (nSPS) is 9.77. The van der Waals surface area contributed by atoms with Gasteiger partial charge in [-0.3, -0.25) is 9.59 Å². The molecule has 1 aromatic heterocycles. The highest BCUT2D eigenvalue weighted by atomic mass is 19.1. The fourth-order valence-corrected chi connectivity index (χ4v) is 0.883. The van der Waals surface area contributed by atoms with E-state index >= 15 is 0 Å². The zero-order chi connectivity index (χ0) is 10.0.